The maximum atomic E-state index is 13.5. The van der Waals surface area contributed by atoms with Gasteiger partial charge in [0.2, 0.25) is 0 Å². The number of thioether (sulfide) groups is 1. The summed E-state index contributed by atoms with van der Waals surface area (Å²) in [6, 6.07) is 8.47. The summed E-state index contributed by atoms with van der Waals surface area (Å²) in [6.45, 7) is -0.113. The second-order valence-corrected chi connectivity index (χ2v) is 10.7. The normalized spacial score (nSPS) is 21.6. The number of aliphatic carboxylic acids is 1. The van der Waals surface area contributed by atoms with Gasteiger partial charge in [0, 0.05) is 16.5 Å². The van der Waals surface area contributed by atoms with Crippen LogP contribution in [0.1, 0.15) is 42.4 Å². The van der Waals surface area contributed by atoms with Crippen molar-refractivity contribution in [3.63, 3.8) is 0 Å². The van der Waals surface area contributed by atoms with Crippen LogP contribution in [0.4, 0.5) is 18.0 Å². The molecule has 1 aromatic heterocycles. The standard InChI is InChI=1S/C26H21ClF3N3O4S/c27-18-5-2-16(20(11-18)26(28,29)30)13-32-21-8-1-14(9-17(21)12-31-32)10-22-23(34)33(25(37)38-22)19-6-3-15(4-7-19)24(35)36/h1-2,5,8-12,15,19H,3-4,6-7,13H2,(H,35,36)/b22-10-. The van der Waals surface area contributed by atoms with E-state index < -0.39 is 29.5 Å². The Hall–Kier alpha value is -3.31. The summed E-state index contributed by atoms with van der Waals surface area (Å²) in [5.74, 6) is -1.71. The van der Waals surface area contributed by atoms with Gasteiger partial charge in [0.05, 0.1) is 34.6 Å². The fraction of sp³-hybridized carbons (Fsp3) is 0.308. The highest BCUT2D eigenvalue weighted by Crippen LogP contribution is 2.39. The highest BCUT2D eigenvalue weighted by atomic mass is 35.5. The predicted molar refractivity (Wildman–Crippen MR) is 136 cm³/mol. The van der Waals surface area contributed by atoms with Crippen molar-refractivity contribution in [2.24, 2.45) is 5.92 Å². The van der Waals surface area contributed by atoms with Crippen LogP contribution in [0, 0.1) is 5.92 Å². The molecule has 0 unspecified atom stereocenters. The highest BCUT2D eigenvalue weighted by Gasteiger charge is 2.41. The lowest BCUT2D eigenvalue weighted by atomic mass is 9.85. The number of aromatic nitrogens is 2. The molecule has 0 bridgehead atoms. The summed E-state index contributed by atoms with van der Waals surface area (Å²) in [5.41, 5.74) is 0.451. The number of fused-ring (bicyclic) bond motifs is 1. The van der Waals surface area contributed by atoms with Gasteiger partial charge >= 0.3 is 12.1 Å². The van der Waals surface area contributed by atoms with Crippen LogP contribution in [-0.4, -0.2) is 42.9 Å². The molecule has 2 amide bonds. The highest BCUT2D eigenvalue weighted by molar-refractivity contribution is 8.18. The summed E-state index contributed by atoms with van der Waals surface area (Å²) in [6.07, 6.45) is 0.320. The van der Waals surface area contributed by atoms with Crippen molar-refractivity contribution in [1.82, 2.24) is 14.7 Å². The third-order valence-electron chi connectivity index (χ3n) is 6.90. The second-order valence-electron chi connectivity index (χ2n) is 9.32. The number of nitrogens with zero attached hydrogens (tertiary/aromatic N) is 3. The van der Waals surface area contributed by atoms with E-state index in [4.69, 9.17) is 11.6 Å². The Kier molecular flexibility index (Phi) is 6.99. The molecule has 7 nitrogen and oxygen atoms in total. The van der Waals surface area contributed by atoms with Gasteiger partial charge in [0.15, 0.2) is 0 Å². The van der Waals surface area contributed by atoms with Crippen LogP contribution in [0.15, 0.2) is 47.5 Å². The number of hydrogen-bond acceptors (Lipinski definition) is 5. The first-order valence-corrected chi connectivity index (χ1v) is 13.0. The molecule has 12 heteroatoms. The number of benzene rings is 2. The third kappa shape index (κ3) is 5.17. The molecule has 1 aliphatic carbocycles. The number of rotatable bonds is 5. The van der Waals surface area contributed by atoms with Crippen molar-refractivity contribution in [1.29, 1.82) is 0 Å². The fourth-order valence-corrected chi connectivity index (χ4v) is 6.03. The molecule has 2 fully saturated rings. The number of carbonyl (C=O) groups excluding carboxylic acids is 2. The molecule has 2 aliphatic rings. The van der Waals surface area contributed by atoms with Gasteiger partial charge in [-0.05, 0) is 78.9 Å². The summed E-state index contributed by atoms with van der Waals surface area (Å²) >= 11 is 6.62. The van der Waals surface area contributed by atoms with Gasteiger partial charge in [-0.1, -0.05) is 23.7 Å². The number of imide groups is 1. The van der Waals surface area contributed by atoms with E-state index in [1.807, 2.05) is 0 Å². The van der Waals surface area contributed by atoms with Crippen molar-refractivity contribution in [2.75, 3.05) is 0 Å². The molecule has 0 atom stereocenters. The zero-order valence-electron chi connectivity index (χ0n) is 19.7. The van der Waals surface area contributed by atoms with Crippen molar-refractivity contribution in [2.45, 2.75) is 44.4 Å². The van der Waals surface area contributed by atoms with E-state index in [0.717, 1.165) is 17.8 Å². The number of carboxylic acid groups (broad SMARTS) is 1. The maximum absolute atomic E-state index is 13.5. The lowest BCUT2D eigenvalue weighted by molar-refractivity contribution is -0.143. The molecule has 1 saturated carbocycles. The number of hydrogen-bond donors (Lipinski definition) is 1. The molecule has 1 aliphatic heterocycles. The van der Waals surface area contributed by atoms with E-state index >= 15 is 0 Å². The Morgan fingerprint density at radius 3 is 2.55 bits per heavy atom. The van der Waals surface area contributed by atoms with Gasteiger partial charge < -0.3 is 5.11 Å². The van der Waals surface area contributed by atoms with Gasteiger partial charge in [-0.25, -0.2) is 0 Å². The van der Waals surface area contributed by atoms with E-state index in [1.54, 1.807) is 24.3 Å². The quantitative estimate of drug-likeness (QED) is 0.359. The van der Waals surface area contributed by atoms with Gasteiger partial charge in [-0.3, -0.25) is 24.0 Å². The first kappa shape index (κ1) is 26.3. The molecular formula is C26H21ClF3N3O4S. The lowest BCUT2D eigenvalue weighted by Gasteiger charge is -2.31. The zero-order valence-corrected chi connectivity index (χ0v) is 21.3. The van der Waals surface area contributed by atoms with Crippen LogP contribution in [0.3, 0.4) is 0 Å². The first-order chi connectivity index (χ1) is 18.0. The Morgan fingerprint density at radius 1 is 1.13 bits per heavy atom. The smallest absolute Gasteiger partial charge is 0.416 e. The van der Waals surface area contributed by atoms with Crippen LogP contribution in [0.2, 0.25) is 5.02 Å². The van der Waals surface area contributed by atoms with E-state index in [0.29, 0.717) is 42.1 Å². The number of halogens is 4. The summed E-state index contributed by atoms with van der Waals surface area (Å²) in [5, 5.41) is 13.7. The van der Waals surface area contributed by atoms with Gasteiger partial charge in [-0.15, -0.1) is 0 Å². The van der Waals surface area contributed by atoms with Crippen LogP contribution in [0.25, 0.3) is 17.0 Å². The van der Waals surface area contributed by atoms with Gasteiger partial charge in [0.1, 0.15) is 0 Å². The molecule has 2 aromatic carbocycles. The average molecular weight is 564 g/mol. The predicted octanol–water partition coefficient (Wildman–Crippen LogP) is 6.44. The van der Waals surface area contributed by atoms with E-state index in [1.165, 1.54) is 27.9 Å². The van der Waals surface area contributed by atoms with E-state index in [9.17, 15) is 32.7 Å². The Morgan fingerprint density at radius 2 is 1.87 bits per heavy atom. The maximum Gasteiger partial charge on any atom is 0.416 e. The topological polar surface area (TPSA) is 92.5 Å². The molecule has 1 N–H and O–H groups in total. The van der Waals surface area contributed by atoms with Gasteiger partial charge in [-0.2, -0.15) is 18.3 Å². The molecule has 38 heavy (non-hydrogen) atoms. The van der Waals surface area contributed by atoms with Crippen LogP contribution >= 0.6 is 23.4 Å². The molecule has 0 spiro atoms. The zero-order chi connectivity index (χ0) is 27.2. The van der Waals surface area contributed by atoms with Crippen LogP contribution in [0.5, 0.6) is 0 Å². The molecule has 0 radical (unpaired) electrons. The van der Waals surface area contributed by atoms with Crippen LogP contribution in [-0.2, 0) is 22.3 Å². The number of alkyl halides is 3. The van der Waals surface area contributed by atoms with Crippen molar-refractivity contribution in [3.05, 3.63) is 69.2 Å². The van der Waals surface area contributed by atoms with E-state index in [2.05, 4.69) is 5.10 Å². The molecular weight excluding hydrogens is 543 g/mol. The van der Waals surface area contributed by atoms with E-state index in [-0.39, 0.29) is 33.3 Å². The summed E-state index contributed by atoms with van der Waals surface area (Å²) in [7, 11) is 0. The Labute approximate surface area is 224 Å². The first-order valence-electron chi connectivity index (χ1n) is 11.8. The Balaban J connectivity index is 1.35. The SMILES string of the molecule is O=C(O)C1CCC(N2C(=O)S/C(=C\c3ccc4c(cnn4Cc4ccc(Cl)cc4C(F)(F)F)c3)C2=O)CC1. The van der Waals surface area contributed by atoms with Crippen molar-refractivity contribution < 1.29 is 32.7 Å². The van der Waals surface area contributed by atoms with Crippen molar-refractivity contribution in [3.8, 4) is 0 Å². The van der Waals surface area contributed by atoms with Crippen molar-refractivity contribution >= 4 is 57.5 Å². The molecule has 1 saturated heterocycles. The minimum absolute atomic E-state index is 0.00611. The van der Waals surface area contributed by atoms with Gasteiger partial charge in [0.25, 0.3) is 11.1 Å². The summed E-state index contributed by atoms with van der Waals surface area (Å²) in [4.78, 5) is 38.3. The molecule has 3 aromatic rings. The average Bonchev–Trinajstić information content (AvgIpc) is 3.38. The minimum Gasteiger partial charge on any atom is -0.481 e. The Bertz CT molecular complexity index is 1480. The second kappa shape index (κ2) is 10.1. The largest absolute Gasteiger partial charge is 0.481 e. The fourth-order valence-electron chi connectivity index (χ4n) is 4.96. The number of carboxylic acids is 1. The number of amides is 2. The molecule has 5 rings (SSSR count). The van der Waals surface area contributed by atoms with Crippen LogP contribution < -0.4 is 0 Å². The monoisotopic (exact) mass is 563 g/mol. The molecule has 2 heterocycles. The summed E-state index contributed by atoms with van der Waals surface area (Å²) < 4.78 is 41.9. The molecule has 198 valence electrons. The lowest BCUT2D eigenvalue weighted by Crippen LogP contribution is -2.41. The third-order valence-corrected chi connectivity index (χ3v) is 8.01. The number of carbonyl (C=O) groups is 3. The minimum atomic E-state index is -4.56.